The van der Waals surface area contributed by atoms with E-state index in [9.17, 15) is 4.21 Å². The van der Waals surface area contributed by atoms with E-state index >= 15 is 0 Å². The third-order valence-corrected chi connectivity index (χ3v) is 5.71. The molecule has 6 nitrogen and oxygen atoms in total. The molecule has 0 aliphatic carbocycles. The van der Waals surface area contributed by atoms with Crippen LogP contribution in [0.4, 0.5) is 0 Å². The van der Waals surface area contributed by atoms with Gasteiger partial charge >= 0.3 is 0 Å². The van der Waals surface area contributed by atoms with Crippen LogP contribution in [0.5, 0.6) is 0 Å². The fourth-order valence-electron chi connectivity index (χ4n) is 2.81. The van der Waals surface area contributed by atoms with E-state index in [4.69, 9.17) is 9.47 Å². The molecular formula is C20H33N3O3S. The first-order valence-electron chi connectivity index (χ1n) is 9.90. The molecule has 1 aliphatic heterocycles. The van der Waals surface area contributed by atoms with Crippen LogP contribution in [-0.4, -0.2) is 62.0 Å². The summed E-state index contributed by atoms with van der Waals surface area (Å²) < 4.78 is 23.4. The number of hydrogen-bond donors (Lipinski definition) is 2. The van der Waals surface area contributed by atoms with Gasteiger partial charge in [-0.15, -0.1) is 0 Å². The summed E-state index contributed by atoms with van der Waals surface area (Å²) in [6.07, 6.45) is 3.11. The van der Waals surface area contributed by atoms with Gasteiger partial charge in [0, 0.05) is 56.7 Å². The van der Waals surface area contributed by atoms with Crippen LogP contribution in [0.1, 0.15) is 26.2 Å². The summed E-state index contributed by atoms with van der Waals surface area (Å²) in [6.45, 7) is 7.47. The lowest BCUT2D eigenvalue weighted by atomic mass is 10.0. The van der Waals surface area contributed by atoms with Crippen LogP contribution in [0.25, 0.3) is 0 Å². The lowest BCUT2D eigenvalue weighted by molar-refractivity contribution is 0.0205. The number of rotatable bonds is 11. The van der Waals surface area contributed by atoms with Gasteiger partial charge in [-0.25, -0.2) is 0 Å². The average Bonchev–Trinajstić information content (AvgIpc) is 2.71. The predicted molar refractivity (Wildman–Crippen MR) is 111 cm³/mol. The van der Waals surface area contributed by atoms with E-state index < -0.39 is 10.8 Å². The molecule has 0 saturated carbocycles. The number of nitrogens with zero attached hydrogens (tertiary/aromatic N) is 1. The maximum absolute atomic E-state index is 12.2. The van der Waals surface area contributed by atoms with E-state index in [-0.39, 0.29) is 0 Å². The Morgan fingerprint density at radius 2 is 2.04 bits per heavy atom. The number of hydrogen-bond acceptors (Lipinski definition) is 4. The number of nitrogens with one attached hydrogen (secondary N) is 2. The zero-order chi connectivity index (χ0) is 19.2. The van der Waals surface area contributed by atoms with Crippen LogP contribution < -0.4 is 10.6 Å². The molecule has 1 heterocycles. The van der Waals surface area contributed by atoms with Gasteiger partial charge in [0.05, 0.1) is 10.8 Å². The van der Waals surface area contributed by atoms with E-state index in [1.165, 1.54) is 0 Å². The summed E-state index contributed by atoms with van der Waals surface area (Å²) in [5, 5.41) is 6.48. The zero-order valence-electron chi connectivity index (χ0n) is 16.3. The van der Waals surface area contributed by atoms with Crippen LogP contribution in [-0.2, 0) is 20.3 Å². The van der Waals surface area contributed by atoms with Crippen molar-refractivity contribution in [3.05, 3.63) is 30.3 Å². The van der Waals surface area contributed by atoms with Crippen LogP contribution in [0.2, 0.25) is 0 Å². The van der Waals surface area contributed by atoms with Gasteiger partial charge in [-0.05, 0) is 44.2 Å². The van der Waals surface area contributed by atoms with Gasteiger partial charge in [0.25, 0.3) is 0 Å². The molecule has 0 spiro atoms. The van der Waals surface area contributed by atoms with E-state index in [1.807, 2.05) is 37.3 Å². The van der Waals surface area contributed by atoms with Crippen molar-refractivity contribution in [1.82, 2.24) is 10.6 Å². The SMILES string of the molecule is CCNC(=NCCCOCC1CCOCC1)NCCS(=O)c1ccccc1. The highest BCUT2D eigenvalue weighted by molar-refractivity contribution is 7.85. The maximum atomic E-state index is 12.2. The van der Waals surface area contributed by atoms with Crippen molar-refractivity contribution in [1.29, 1.82) is 0 Å². The standard InChI is InChI=1S/C20H33N3O3S/c1-2-21-20(23-12-16-27(24)19-7-4-3-5-8-19)22-11-6-13-26-17-18-9-14-25-15-10-18/h3-5,7-8,18H,2,6,9-17H2,1H3,(H2,21,22,23). The van der Waals surface area contributed by atoms with Crippen molar-refractivity contribution in [3.8, 4) is 0 Å². The highest BCUT2D eigenvalue weighted by atomic mass is 32.2. The second kappa shape index (κ2) is 13.7. The second-order valence-corrected chi connectivity index (χ2v) is 8.11. The van der Waals surface area contributed by atoms with E-state index in [2.05, 4.69) is 15.6 Å². The Kier molecular flexibility index (Phi) is 11.1. The summed E-state index contributed by atoms with van der Waals surface area (Å²) in [5.74, 6) is 1.97. The second-order valence-electron chi connectivity index (χ2n) is 6.53. The summed E-state index contributed by atoms with van der Waals surface area (Å²) >= 11 is 0. The van der Waals surface area contributed by atoms with Gasteiger partial charge in [0.1, 0.15) is 0 Å². The predicted octanol–water partition coefficient (Wildman–Crippen LogP) is 2.18. The Balaban J connectivity index is 1.59. The third-order valence-electron chi connectivity index (χ3n) is 4.34. The number of benzene rings is 1. The normalized spacial score (nSPS) is 16.9. The van der Waals surface area contributed by atoms with Gasteiger partial charge in [0.2, 0.25) is 0 Å². The lowest BCUT2D eigenvalue weighted by Crippen LogP contribution is -2.39. The van der Waals surface area contributed by atoms with Gasteiger partial charge < -0.3 is 20.1 Å². The highest BCUT2D eigenvalue weighted by Gasteiger charge is 2.13. The van der Waals surface area contributed by atoms with Crippen molar-refractivity contribution in [2.24, 2.45) is 10.9 Å². The molecule has 0 radical (unpaired) electrons. The highest BCUT2D eigenvalue weighted by Crippen LogP contribution is 2.14. The fraction of sp³-hybridized carbons (Fsp3) is 0.650. The Hall–Kier alpha value is -1.44. The van der Waals surface area contributed by atoms with Crippen LogP contribution in [0.3, 0.4) is 0 Å². The monoisotopic (exact) mass is 395 g/mol. The molecule has 0 amide bonds. The average molecular weight is 396 g/mol. The summed E-state index contributed by atoms with van der Waals surface area (Å²) in [4.78, 5) is 5.43. The zero-order valence-corrected chi connectivity index (χ0v) is 17.1. The first-order chi connectivity index (χ1) is 13.3. The van der Waals surface area contributed by atoms with Gasteiger partial charge in [-0.2, -0.15) is 0 Å². The van der Waals surface area contributed by atoms with E-state index in [0.29, 0.717) is 24.8 Å². The topological polar surface area (TPSA) is 72.0 Å². The van der Waals surface area contributed by atoms with Crippen molar-refractivity contribution in [2.75, 3.05) is 51.8 Å². The first kappa shape index (κ1) is 21.9. The smallest absolute Gasteiger partial charge is 0.191 e. The maximum Gasteiger partial charge on any atom is 0.191 e. The fourth-order valence-corrected chi connectivity index (χ4v) is 3.80. The van der Waals surface area contributed by atoms with Gasteiger partial charge in [0.15, 0.2) is 5.96 Å². The molecule has 27 heavy (non-hydrogen) atoms. The summed E-state index contributed by atoms with van der Waals surface area (Å²) in [6, 6.07) is 9.56. The molecule has 2 N–H and O–H groups in total. The van der Waals surface area contributed by atoms with Crippen LogP contribution in [0, 0.1) is 5.92 Å². The number of ether oxygens (including phenoxy) is 2. The van der Waals surface area contributed by atoms with Crippen molar-refractivity contribution >= 4 is 16.8 Å². The molecule has 152 valence electrons. The Labute approximate surface area is 165 Å². The molecule has 2 rings (SSSR count). The largest absolute Gasteiger partial charge is 0.381 e. The van der Waals surface area contributed by atoms with Crippen molar-refractivity contribution in [3.63, 3.8) is 0 Å². The minimum atomic E-state index is -0.991. The quantitative estimate of drug-likeness (QED) is 0.341. The molecule has 1 aliphatic rings. The molecule has 7 heteroatoms. The third kappa shape index (κ3) is 9.35. The van der Waals surface area contributed by atoms with Crippen LogP contribution >= 0.6 is 0 Å². The molecule has 1 atom stereocenters. The van der Waals surface area contributed by atoms with Crippen LogP contribution in [0.15, 0.2) is 40.2 Å². The minimum Gasteiger partial charge on any atom is -0.381 e. The van der Waals surface area contributed by atoms with Gasteiger partial charge in [-0.3, -0.25) is 9.20 Å². The molecular weight excluding hydrogens is 362 g/mol. The Bertz CT molecular complexity index is 563. The molecule has 1 aromatic rings. The summed E-state index contributed by atoms with van der Waals surface area (Å²) in [7, 11) is -0.991. The van der Waals surface area contributed by atoms with Crippen molar-refractivity contribution < 1.29 is 13.7 Å². The molecule has 0 aromatic heterocycles. The van der Waals surface area contributed by atoms with Gasteiger partial charge in [-0.1, -0.05) is 18.2 Å². The van der Waals surface area contributed by atoms with Crippen molar-refractivity contribution in [2.45, 2.75) is 31.1 Å². The molecule has 0 bridgehead atoms. The minimum absolute atomic E-state index is 0.558. The Morgan fingerprint density at radius 1 is 1.26 bits per heavy atom. The summed E-state index contributed by atoms with van der Waals surface area (Å²) in [5.41, 5.74) is 0. The molecule has 1 fully saturated rings. The number of aliphatic imine (C=N–C) groups is 1. The first-order valence-corrected chi connectivity index (χ1v) is 11.2. The molecule has 1 unspecified atom stereocenters. The Morgan fingerprint density at radius 3 is 2.78 bits per heavy atom. The van der Waals surface area contributed by atoms with E-state index in [1.54, 1.807) is 0 Å². The number of guanidine groups is 1. The molecule has 1 saturated heterocycles. The van der Waals surface area contributed by atoms with E-state index in [0.717, 1.165) is 63.1 Å². The molecule has 1 aromatic carbocycles. The lowest BCUT2D eigenvalue weighted by Gasteiger charge is -2.21.